The Kier molecular flexibility index (Phi) is 5.17. The van der Waals surface area contributed by atoms with E-state index in [1.807, 2.05) is 19.2 Å². The Labute approximate surface area is 128 Å². The third kappa shape index (κ3) is 3.90. The van der Waals surface area contributed by atoms with Gasteiger partial charge in [0.2, 0.25) is 0 Å². The van der Waals surface area contributed by atoms with Crippen molar-refractivity contribution < 1.29 is 0 Å². The van der Waals surface area contributed by atoms with Crippen molar-refractivity contribution in [2.24, 2.45) is 0 Å². The average molecular weight is 312 g/mol. The van der Waals surface area contributed by atoms with Crippen LogP contribution in [0.2, 0.25) is 10.0 Å². The number of nitrogens with one attached hydrogen (secondary N) is 1. The molecule has 0 aliphatic heterocycles. The van der Waals surface area contributed by atoms with E-state index >= 15 is 0 Å². The summed E-state index contributed by atoms with van der Waals surface area (Å²) >= 11 is 13.8. The summed E-state index contributed by atoms with van der Waals surface area (Å²) in [6.45, 7) is 2.99. The van der Waals surface area contributed by atoms with Crippen LogP contribution in [0.4, 0.5) is 0 Å². The molecule has 0 saturated heterocycles. The summed E-state index contributed by atoms with van der Waals surface area (Å²) in [4.78, 5) is 2.18. The maximum atomic E-state index is 6.19. The van der Waals surface area contributed by atoms with E-state index in [9.17, 15) is 0 Å². The molecule has 0 heterocycles. The van der Waals surface area contributed by atoms with Crippen LogP contribution >= 0.6 is 35.0 Å². The van der Waals surface area contributed by atoms with Crippen molar-refractivity contribution in [2.75, 3.05) is 7.05 Å². The van der Waals surface area contributed by atoms with Gasteiger partial charge in [0.15, 0.2) is 0 Å². The highest BCUT2D eigenvalue weighted by molar-refractivity contribution is 7.99. The Bertz CT molecular complexity index is 584. The van der Waals surface area contributed by atoms with Crippen LogP contribution in [0.1, 0.15) is 11.1 Å². The van der Waals surface area contributed by atoms with Crippen LogP contribution in [-0.2, 0) is 6.54 Å². The molecule has 0 unspecified atom stereocenters. The van der Waals surface area contributed by atoms with Gasteiger partial charge in [-0.25, -0.2) is 0 Å². The van der Waals surface area contributed by atoms with Crippen LogP contribution < -0.4 is 5.32 Å². The number of hydrogen-bond acceptors (Lipinski definition) is 2. The lowest BCUT2D eigenvalue weighted by Crippen LogP contribution is -2.05. The summed E-state index contributed by atoms with van der Waals surface area (Å²) in [6.07, 6.45) is 0. The predicted molar refractivity (Wildman–Crippen MR) is 84.5 cm³/mol. The van der Waals surface area contributed by atoms with Gasteiger partial charge in [-0.05, 0) is 49.4 Å². The summed E-state index contributed by atoms with van der Waals surface area (Å²) in [5.74, 6) is 0. The summed E-state index contributed by atoms with van der Waals surface area (Å²) in [6, 6.07) is 12.0. The van der Waals surface area contributed by atoms with Crippen molar-refractivity contribution in [3.05, 3.63) is 57.6 Å². The standard InChI is InChI=1S/C15H15Cl2NS/c1-10-7-11(9-18-2)3-6-14(10)19-15-8-12(16)4-5-13(15)17/h3-8,18H,9H2,1-2H3. The summed E-state index contributed by atoms with van der Waals surface area (Å²) < 4.78 is 0. The third-order valence-electron chi connectivity index (χ3n) is 2.73. The molecule has 0 spiro atoms. The average Bonchev–Trinajstić information content (AvgIpc) is 2.37. The first kappa shape index (κ1) is 14.7. The number of hydrogen-bond donors (Lipinski definition) is 1. The van der Waals surface area contributed by atoms with Gasteiger partial charge in [0.05, 0.1) is 5.02 Å². The van der Waals surface area contributed by atoms with E-state index in [0.29, 0.717) is 5.02 Å². The van der Waals surface area contributed by atoms with E-state index in [2.05, 4.69) is 30.4 Å². The van der Waals surface area contributed by atoms with Crippen LogP contribution in [0.15, 0.2) is 46.2 Å². The van der Waals surface area contributed by atoms with Crippen molar-refractivity contribution in [3.8, 4) is 0 Å². The molecule has 19 heavy (non-hydrogen) atoms. The van der Waals surface area contributed by atoms with Gasteiger partial charge in [-0.3, -0.25) is 0 Å². The van der Waals surface area contributed by atoms with E-state index in [1.165, 1.54) is 16.0 Å². The topological polar surface area (TPSA) is 12.0 Å². The molecule has 0 fully saturated rings. The van der Waals surface area contributed by atoms with Crippen molar-refractivity contribution in [3.63, 3.8) is 0 Å². The Morgan fingerprint density at radius 3 is 2.53 bits per heavy atom. The fraction of sp³-hybridized carbons (Fsp3) is 0.200. The molecule has 0 aromatic heterocycles. The van der Waals surface area contributed by atoms with Crippen molar-refractivity contribution in [1.29, 1.82) is 0 Å². The fourth-order valence-corrected chi connectivity index (χ4v) is 3.23. The van der Waals surface area contributed by atoms with Gasteiger partial charge >= 0.3 is 0 Å². The first-order valence-electron chi connectivity index (χ1n) is 5.97. The molecule has 1 N–H and O–H groups in total. The molecule has 4 heteroatoms. The molecule has 0 radical (unpaired) electrons. The summed E-state index contributed by atoms with van der Waals surface area (Å²) in [5.41, 5.74) is 2.52. The van der Waals surface area contributed by atoms with Crippen LogP contribution in [0.5, 0.6) is 0 Å². The smallest absolute Gasteiger partial charge is 0.0546 e. The Hall–Kier alpha value is -0.670. The van der Waals surface area contributed by atoms with Gasteiger partial charge in [-0.2, -0.15) is 0 Å². The summed E-state index contributed by atoms with van der Waals surface area (Å²) in [7, 11) is 1.95. The van der Waals surface area contributed by atoms with E-state index in [0.717, 1.165) is 16.5 Å². The molecule has 0 aliphatic carbocycles. The first-order valence-corrected chi connectivity index (χ1v) is 7.54. The molecule has 0 bridgehead atoms. The van der Waals surface area contributed by atoms with Crippen LogP contribution in [0, 0.1) is 6.92 Å². The molecule has 2 aromatic rings. The van der Waals surface area contributed by atoms with Gasteiger partial charge in [0.25, 0.3) is 0 Å². The van der Waals surface area contributed by atoms with Gasteiger partial charge in [0, 0.05) is 21.4 Å². The minimum absolute atomic E-state index is 0.705. The molecular weight excluding hydrogens is 297 g/mol. The number of aryl methyl sites for hydroxylation is 1. The van der Waals surface area contributed by atoms with Crippen LogP contribution in [-0.4, -0.2) is 7.05 Å². The molecule has 100 valence electrons. The SMILES string of the molecule is CNCc1ccc(Sc2cc(Cl)ccc2Cl)c(C)c1. The lowest BCUT2D eigenvalue weighted by atomic mass is 10.1. The fourth-order valence-electron chi connectivity index (χ4n) is 1.81. The zero-order valence-electron chi connectivity index (χ0n) is 10.8. The second-order valence-corrected chi connectivity index (χ2v) is 6.23. The molecular formula is C15H15Cl2NS. The number of benzene rings is 2. The van der Waals surface area contributed by atoms with Crippen LogP contribution in [0.3, 0.4) is 0 Å². The minimum Gasteiger partial charge on any atom is -0.316 e. The third-order valence-corrected chi connectivity index (χ3v) is 4.65. The highest BCUT2D eigenvalue weighted by atomic mass is 35.5. The Balaban J connectivity index is 2.25. The van der Waals surface area contributed by atoms with Crippen molar-refractivity contribution in [2.45, 2.75) is 23.3 Å². The molecule has 2 aromatic carbocycles. The second kappa shape index (κ2) is 6.67. The maximum absolute atomic E-state index is 6.19. The Morgan fingerprint density at radius 2 is 1.84 bits per heavy atom. The van der Waals surface area contributed by atoms with Crippen molar-refractivity contribution in [1.82, 2.24) is 5.32 Å². The van der Waals surface area contributed by atoms with Gasteiger partial charge in [-0.15, -0.1) is 0 Å². The highest BCUT2D eigenvalue weighted by Crippen LogP contribution is 2.36. The Morgan fingerprint density at radius 1 is 1.05 bits per heavy atom. The number of halogens is 2. The predicted octanol–water partition coefficient (Wildman–Crippen LogP) is 5.17. The minimum atomic E-state index is 0.705. The molecule has 0 atom stereocenters. The van der Waals surface area contributed by atoms with E-state index in [1.54, 1.807) is 17.8 Å². The first-order chi connectivity index (χ1) is 9.10. The van der Waals surface area contributed by atoms with Gasteiger partial charge < -0.3 is 5.32 Å². The van der Waals surface area contributed by atoms with Gasteiger partial charge in [-0.1, -0.05) is 47.1 Å². The second-order valence-electron chi connectivity index (χ2n) is 4.31. The largest absolute Gasteiger partial charge is 0.316 e. The molecule has 2 rings (SSSR count). The van der Waals surface area contributed by atoms with Gasteiger partial charge in [0.1, 0.15) is 0 Å². The molecule has 0 saturated carbocycles. The lowest BCUT2D eigenvalue weighted by molar-refractivity contribution is 0.815. The normalized spacial score (nSPS) is 10.7. The van der Waals surface area contributed by atoms with Crippen molar-refractivity contribution >= 4 is 35.0 Å². The molecule has 0 aliphatic rings. The zero-order valence-corrected chi connectivity index (χ0v) is 13.2. The van der Waals surface area contributed by atoms with Crippen LogP contribution in [0.25, 0.3) is 0 Å². The lowest BCUT2D eigenvalue weighted by Gasteiger charge is -2.09. The maximum Gasteiger partial charge on any atom is 0.0546 e. The number of rotatable bonds is 4. The zero-order chi connectivity index (χ0) is 13.8. The van der Waals surface area contributed by atoms with E-state index in [-0.39, 0.29) is 0 Å². The monoisotopic (exact) mass is 311 g/mol. The molecule has 1 nitrogen and oxygen atoms in total. The molecule has 0 amide bonds. The summed E-state index contributed by atoms with van der Waals surface area (Å²) in [5, 5.41) is 4.59. The van der Waals surface area contributed by atoms with E-state index < -0.39 is 0 Å². The highest BCUT2D eigenvalue weighted by Gasteiger charge is 2.06. The van der Waals surface area contributed by atoms with E-state index in [4.69, 9.17) is 23.2 Å². The quantitative estimate of drug-likeness (QED) is 0.835.